The Morgan fingerprint density at radius 2 is 0.921 bits per heavy atom. The van der Waals surface area contributed by atoms with E-state index in [1.54, 1.807) is 0 Å². The van der Waals surface area contributed by atoms with Crippen molar-refractivity contribution in [2.75, 3.05) is 13.2 Å². The first kappa shape index (κ1) is 30.1. The summed E-state index contributed by atoms with van der Waals surface area (Å²) in [5.41, 5.74) is 2.24. The van der Waals surface area contributed by atoms with E-state index in [2.05, 4.69) is 81.4 Å². The first-order valence-corrected chi connectivity index (χ1v) is 13.7. The Balaban J connectivity index is 1.96. The molecule has 0 unspecified atom stereocenters. The van der Waals surface area contributed by atoms with Gasteiger partial charge in [0.05, 0.1) is 24.4 Å². The van der Waals surface area contributed by atoms with Gasteiger partial charge in [-0.15, -0.1) is 0 Å². The first-order valence-electron chi connectivity index (χ1n) is 13.7. The third-order valence-electron chi connectivity index (χ3n) is 6.19. The molecule has 6 nitrogen and oxygen atoms in total. The van der Waals surface area contributed by atoms with Crippen molar-refractivity contribution >= 4 is 21.8 Å². The number of aryl methyl sites for hydroxylation is 2. The molecule has 0 N–H and O–H groups in total. The molecular formula is C32H48N2O4. The molecular weight excluding hydrogens is 476 g/mol. The minimum absolute atomic E-state index is 0.174. The molecule has 0 fully saturated rings. The molecule has 0 aliphatic carbocycles. The van der Waals surface area contributed by atoms with Crippen LogP contribution >= 0.6 is 0 Å². The normalized spacial score (nSPS) is 13.4. The van der Waals surface area contributed by atoms with Crippen LogP contribution in [0.25, 0.3) is 21.8 Å². The zero-order valence-corrected chi connectivity index (χ0v) is 25.7. The largest absolute Gasteiger partial charge is 0.487 e. The van der Waals surface area contributed by atoms with Crippen molar-refractivity contribution < 1.29 is 18.9 Å². The number of rotatable bonds is 10. The van der Waals surface area contributed by atoms with Gasteiger partial charge in [0.2, 0.25) is 0 Å². The molecule has 210 valence electrons. The van der Waals surface area contributed by atoms with Gasteiger partial charge >= 0.3 is 0 Å². The van der Waals surface area contributed by atoms with Crippen molar-refractivity contribution in [3.8, 4) is 11.5 Å². The van der Waals surface area contributed by atoms with Gasteiger partial charge in [-0.3, -0.25) is 9.97 Å². The van der Waals surface area contributed by atoms with E-state index in [9.17, 15) is 0 Å². The highest BCUT2D eigenvalue weighted by Gasteiger charge is 2.26. The van der Waals surface area contributed by atoms with Crippen molar-refractivity contribution in [2.45, 2.75) is 118 Å². The van der Waals surface area contributed by atoms with Crippen molar-refractivity contribution in [3.63, 3.8) is 0 Å². The van der Waals surface area contributed by atoms with E-state index < -0.39 is 11.2 Å². The lowest BCUT2D eigenvalue weighted by Gasteiger charge is -2.30. The molecule has 2 heterocycles. The average Bonchev–Trinajstić information content (AvgIpc) is 2.70. The summed E-state index contributed by atoms with van der Waals surface area (Å²) in [7, 11) is 0. The third kappa shape index (κ3) is 8.54. The van der Waals surface area contributed by atoms with Gasteiger partial charge in [0.1, 0.15) is 33.7 Å². The second-order valence-electron chi connectivity index (χ2n) is 13.5. The average molecular weight is 525 g/mol. The molecule has 3 rings (SSSR count). The summed E-state index contributed by atoms with van der Waals surface area (Å²) >= 11 is 0. The van der Waals surface area contributed by atoms with Crippen LogP contribution in [0.5, 0.6) is 11.5 Å². The molecule has 0 atom stereocenters. The van der Waals surface area contributed by atoms with Crippen LogP contribution in [0.2, 0.25) is 0 Å². The fourth-order valence-corrected chi connectivity index (χ4v) is 4.23. The Morgan fingerprint density at radius 1 is 0.579 bits per heavy atom. The molecule has 0 aliphatic rings. The van der Waals surface area contributed by atoms with E-state index in [-0.39, 0.29) is 11.2 Å². The third-order valence-corrected chi connectivity index (χ3v) is 6.19. The highest BCUT2D eigenvalue weighted by molar-refractivity contribution is 6.07. The van der Waals surface area contributed by atoms with Crippen LogP contribution in [0, 0.1) is 13.8 Å². The number of hydrogen-bond acceptors (Lipinski definition) is 6. The zero-order chi connectivity index (χ0) is 28.5. The van der Waals surface area contributed by atoms with Gasteiger partial charge in [-0.1, -0.05) is 0 Å². The summed E-state index contributed by atoms with van der Waals surface area (Å²) in [5.74, 6) is 1.61. The van der Waals surface area contributed by atoms with Gasteiger partial charge in [0, 0.05) is 47.1 Å². The van der Waals surface area contributed by atoms with Crippen molar-refractivity contribution in [2.24, 2.45) is 0 Å². The van der Waals surface area contributed by atoms with Gasteiger partial charge in [-0.05, 0) is 95.2 Å². The molecule has 0 saturated carbocycles. The quantitative estimate of drug-likeness (QED) is 0.250. The Hall–Kier alpha value is -2.44. The summed E-state index contributed by atoms with van der Waals surface area (Å²) < 4.78 is 25.1. The van der Waals surface area contributed by atoms with Gasteiger partial charge in [-0.25, -0.2) is 0 Å². The van der Waals surface area contributed by atoms with Gasteiger partial charge < -0.3 is 18.9 Å². The van der Waals surface area contributed by atoms with E-state index in [4.69, 9.17) is 28.9 Å². The van der Waals surface area contributed by atoms with Crippen LogP contribution in [0.3, 0.4) is 0 Å². The van der Waals surface area contributed by atoms with E-state index in [0.717, 1.165) is 57.5 Å². The predicted octanol–water partition coefficient (Wildman–Crippen LogP) is 8.13. The minimum atomic E-state index is -0.408. The lowest BCUT2D eigenvalue weighted by molar-refractivity contribution is -0.0296. The fraction of sp³-hybridized carbons (Fsp3) is 0.625. The number of nitrogens with zero attached hydrogens (tertiary/aromatic N) is 2. The molecule has 3 aromatic rings. The molecule has 0 saturated heterocycles. The molecule has 0 radical (unpaired) electrons. The van der Waals surface area contributed by atoms with E-state index in [0.29, 0.717) is 13.2 Å². The number of hydrogen-bond donors (Lipinski definition) is 0. The second-order valence-corrected chi connectivity index (χ2v) is 13.5. The maximum absolute atomic E-state index is 6.58. The summed E-state index contributed by atoms with van der Waals surface area (Å²) in [4.78, 5) is 9.80. The SMILES string of the molecule is Cc1cc(OC(C)(C)CCOC(C)(C)C)c2ccc3c(OC(C)(C)CCOC(C)(C)C)cc(C)nc3c2n1. The maximum Gasteiger partial charge on any atom is 0.131 e. The Kier molecular flexibility index (Phi) is 8.69. The number of ether oxygens (including phenoxy) is 4. The van der Waals surface area contributed by atoms with E-state index >= 15 is 0 Å². The number of benzene rings is 1. The first-order chi connectivity index (χ1) is 17.3. The Morgan fingerprint density at radius 3 is 1.24 bits per heavy atom. The molecule has 0 amide bonds. The molecule has 38 heavy (non-hydrogen) atoms. The summed E-state index contributed by atoms with van der Waals surface area (Å²) in [6, 6.07) is 8.15. The van der Waals surface area contributed by atoms with E-state index in [1.807, 2.05) is 26.0 Å². The Labute approximate surface area is 229 Å². The standard InChI is InChI=1S/C32H48N2O4/c1-21-19-25(37-31(9,10)15-17-35-29(3,4)5)23-13-14-24-26(20-22(2)34-28(24)27(23)33-21)38-32(11,12)16-18-36-30(6,7)8/h13-14,19-20H,15-18H2,1-12H3. The van der Waals surface area contributed by atoms with Gasteiger partial charge in [0.15, 0.2) is 0 Å². The van der Waals surface area contributed by atoms with Crippen LogP contribution in [-0.4, -0.2) is 45.6 Å². The summed E-state index contributed by atoms with van der Waals surface area (Å²) in [6.45, 7) is 26.0. The zero-order valence-electron chi connectivity index (χ0n) is 25.7. The summed E-state index contributed by atoms with van der Waals surface area (Å²) in [6.07, 6.45) is 1.54. The van der Waals surface area contributed by atoms with Crippen molar-refractivity contribution in [3.05, 3.63) is 35.7 Å². The highest BCUT2D eigenvalue weighted by atomic mass is 16.5. The van der Waals surface area contributed by atoms with Crippen LogP contribution in [0.15, 0.2) is 24.3 Å². The number of pyridine rings is 2. The lowest BCUT2D eigenvalue weighted by atomic mass is 10.0. The molecule has 2 aromatic heterocycles. The summed E-state index contributed by atoms with van der Waals surface area (Å²) in [5, 5.41) is 1.88. The van der Waals surface area contributed by atoms with Gasteiger partial charge in [-0.2, -0.15) is 0 Å². The minimum Gasteiger partial charge on any atom is -0.487 e. The van der Waals surface area contributed by atoms with Crippen LogP contribution in [0.4, 0.5) is 0 Å². The molecule has 0 spiro atoms. The monoisotopic (exact) mass is 524 g/mol. The molecule has 1 aromatic carbocycles. The van der Waals surface area contributed by atoms with Crippen molar-refractivity contribution in [1.29, 1.82) is 0 Å². The molecule has 0 aliphatic heterocycles. The highest BCUT2D eigenvalue weighted by Crippen LogP contribution is 2.37. The number of aromatic nitrogens is 2. The predicted molar refractivity (Wildman–Crippen MR) is 157 cm³/mol. The van der Waals surface area contributed by atoms with E-state index in [1.165, 1.54) is 0 Å². The van der Waals surface area contributed by atoms with Gasteiger partial charge in [0.25, 0.3) is 0 Å². The molecule has 0 bridgehead atoms. The Bertz CT molecular complexity index is 1170. The lowest BCUT2D eigenvalue weighted by Crippen LogP contribution is -2.32. The van der Waals surface area contributed by atoms with Crippen LogP contribution in [-0.2, 0) is 9.47 Å². The fourth-order valence-electron chi connectivity index (χ4n) is 4.23. The van der Waals surface area contributed by atoms with Crippen LogP contribution in [0.1, 0.15) is 93.5 Å². The van der Waals surface area contributed by atoms with Crippen molar-refractivity contribution in [1.82, 2.24) is 9.97 Å². The molecule has 6 heteroatoms. The smallest absolute Gasteiger partial charge is 0.131 e. The number of fused-ring (bicyclic) bond motifs is 3. The second kappa shape index (κ2) is 11.0. The maximum atomic E-state index is 6.58. The van der Waals surface area contributed by atoms with Crippen LogP contribution < -0.4 is 9.47 Å². The topological polar surface area (TPSA) is 62.7 Å².